The third-order valence-corrected chi connectivity index (χ3v) is 6.18. The molecular weight excluding hydrogens is 396 g/mol. The number of anilines is 2. The number of benzene rings is 3. The number of carbonyl (C=O) groups is 1. The van der Waals surface area contributed by atoms with Gasteiger partial charge in [-0.3, -0.25) is 9.10 Å². The summed E-state index contributed by atoms with van der Waals surface area (Å²) in [6.45, 7) is 4.01. The first kappa shape index (κ1) is 21.6. The first-order valence-corrected chi connectivity index (χ1v) is 11.5. The van der Waals surface area contributed by atoms with Crippen molar-refractivity contribution >= 4 is 27.3 Å². The van der Waals surface area contributed by atoms with Crippen molar-refractivity contribution in [2.45, 2.75) is 20.4 Å². The van der Waals surface area contributed by atoms with E-state index in [1.807, 2.05) is 62.4 Å². The molecule has 0 aliphatic carbocycles. The molecule has 0 bridgehead atoms. The Kier molecular flexibility index (Phi) is 6.27. The van der Waals surface area contributed by atoms with E-state index in [-0.39, 0.29) is 12.5 Å². The molecule has 5 nitrogen and oxygen atoms in total. The SMILES string of the molecule is Cc1cccc(C)c1N(Cc1ccc(C(=O)N(C)c2ccccc2)cc1)S(C)(=O)=O. The molecule has 0 heterocycles. The van der Waals surface area contributed by atoms with Crippen LogP contribution in [0.4, 0.5) is 11.4 Å². The second-order valence-electron chi connectivity index (χ2n) is 7.41. The average molecular weight is 423 g/mol. The molecule has 0 aromatic heterocycles. The summed E-state index contributed by atoms with van der Waals surface area (Å²) in [6, 6.07) is 22.2. The maximum absolute atomic E-state index is 12.8. The van der Waals surface area contributed by atoms with E-state index in [1.165, 1.54) is 10.6 Å². The fraction of sp³-hybridized carbons (Fsp3) is 0.208. The molecule has 0 saturated carbocycles. The molecule has 0 fully saturated rings. The Morgan fingerprint density at radius 3 is 1.93 bits per heavy atom. The predicted octanol–water partition coefficient (Wildman–Crippen LogP) is 4.55. The highest BCUT2D eigenvalue weighted by atomic mass is 32.2. The van der Waals surface area contributed by atoms with E-state index in [1.54, 1.807) is 36.2 Å². The van der Waals surface area contributed by atoms with Crippen molar-refractivity contribution in [1.82, 2.24) is 0 Å². The lowest BCUT2D eigenvalue weighted by molar-refractivity contribution is 0.0993. The van der Waals surface area contributed by atoms with Gasteiger partial charge in [-0.2, -0.15) is 0 Å². The van der Waals surface area contributed by atoms with E-state index in [0.717, 1.165) is 22.4 Å². The highest BCUT2D eigenvalue weighted by molar-refractivity contribution is 7.92. The third-order valence-electron chi connectivity index (χ3n) is 5.06. The Balaban J connectivity index is 1.85. The zero-order valence-corrected chi connectivity index (χ0v) is 18.5. The van der Waals surface area contributed by atoms with Crippen molar-refractivity contribution in [2.75, 3.05) is 22.5 Å². The van der Waals surface area contributed by atoms with Crippen LogP contribution in [0.25, 0.3) is 0 Å². The van der Waals surface area contributed by atoms with Gasteiger partial charge in [-0.05, 0) is 54.8 Å². The normalized spacial score (nSPS) is 11.2. The van der Waals surface area contributed by atoms with Crippen LogP contribution in [0.15, 0.2) is 72.8 Å². The topological polar surface area (TPSA) is 57.7 Å². The van der Waals surface area contributed by atoms with Crippen LogP contribution in [0.5, 0.6) is 0 Å². The predicted molar refractivity (Wildman–Crippen MR) is 123 cm³/mol. The molecule has 0 saturated heterocycles. The van der Waals surface area contributed by atoms with Crippen molar-refractivity contribution in [3.8, 4) is 0 Å². The number of aryl methyl sites for hydroxylation is 2. The number of para-hydroxylation sites is 2. The van der Waals surface area contributed by atoms with Gasteiger partial charge in [-0.1, -0.05) is 48.5 Å². The number of amides is 1. The molecule has 0 radical (unpaired) electrons. The molecule has 0 aliphatic rings. The molecule has 3 rings (SSSR count). The van der Waals surface area contributed by atoms with Gasteiger partial charge in [0, 0.05) is 18.3 Å². The Hall–Kier alpha value is -3.12. The second kappa shape index (κ2) is 8.71. The average Bonchev–Trinajstić information content (AvgIpc) is 2.72. The molecule has 0 aliphatic heterocycles. The minimum atomic E-state index is -3.48. The summed E-state index contributed by atoms with van der Waals surface area (Å²) in [7, 11) is -1.74. The fourth-order valence-electron chi connectivity index (χ4n) is 3.44. The molecule has 0 unspecified atom stereocenters. The van der Waals surface area contributed by atoms with Gasteiger partial charge >= 0.3 is 0 Å². The molecule has 1 amide bonds. The Morgan fingerprint density at radius 1 is 0.833 bits per heavy atom. The maximum atomic E-state index is 12.8. The number of nitrogens with zero attached hydrogens (tertiary/aromatic N) is 2. The summed E-state index contributed by atoms with van der Waals surface area (Å²) in [5.41, 5.74) is 4.66. The summed E-state index contributed by atoms with van der Waals surface area (Å²) < 4.78 is 26.5. The second-order valence-corrected chi connectivity index (χ2v) is 9.31. The number of hydrogen-bond donors (Lipinski definition) is 0. The summed E-state index contributed by atoms with van der Waals surface area (Å²) in [5.74, 6) is -0.123. The van der Waals surface area contributed by atoms with Gasteiger partial charge in [0.15, 0.2) is 0 Å². The van der Waals surface area contributed by atoms with Crippen LogP contribution in [-0.4, -0.2) is 27.6 Å². The van der Waals surface area contributed by atoms with Crippen LogP contribution in [0.2, 0.25) is 0 Å². The molecule has 6 heteroatoms. The Morgan fingerprint density at radius 2 is 1.40 bits per heavy atom. The van der Waals surface area contributed by atoms with Crippen molar-refractivity contribution in [1.29, 1.82) is 0 Å². The lowest BCUT2D eigenvalue weighted by Gasteiger charge is -2.26. The first-order chi connectivity index (χ1) is 14.2. The van der Waals surface area contributed by atoms with Gasteiger partial charge in [0.1, 0.15) is 0 Å². The van der Waals surface area contributed by atoms with E-state index < -0.39 is 10.0 Å². The minimum Gasteiger partial charge on any atom is -0.311 e. The van der Waals surface area contributed by atoms with Crippen molar-refractivity contribution in [2.24, 2.45) is 0 Å². The van der Waals surface area contributed by atoms with E-state index in [2.05, 4.69) is 0 Å². The van der Waals surface area contributed by atoms with Gasteiger partial charge in [0.05, 0.1) is 18.5 Å². The molecule has 0 atom stereocenters. The van der Waals surface area contributed by atoms with Crippen LogP contribution in [0.3, 0.4) is 0 Å². The summed E-state index contributed by atoms with van der Waals surface area (Å²) in [4.78, 5) is 14.4. The molecule has 30 heavy (non-hydrogen) atoms. The molecular formula is C24H26N2O3S. The Labute approximate surface area is 178 Å². The molecule has 3 aromatic rings. The molecule has 156 valence electrons. The maximum Gasteiger partial charge on any atom is 0.258 e. The minimum absolute atomic E-state index is 0.123. The van der Waals surface area contributed by atoms with Crippen molar-refractivity contribution in [3.63, 3.8) is 0 Å². The quantitative estimate of drug-likeness (QED) is 0.586. The number of carbonyl (C=O) groups excluding carboxylic acids is 1. The number of hydrogen-bond acceptors (Lipinski definition) is 3. The number of sulfonamides is 1. The van der Waals surface area contributed by atoms with Gasteiger partial charge in [0.25, 0.3) is 5.91 Å². The highest BCUT2D eigenvalue weighted by Crippen LogP contribution is 2.28. The molecule has 0 spiro atoms. The van der Waals surface area contributed by atoms with Gasteiger partial charge in [0.2, 0.25) is 10.0 Å². The van der Waals surface area contributed by atoms with Gasteiger partial charge < -0.3 is 4.90 Å². The van der Waals surface area contributed by atoms with Crippen molar-refractivity contribution < 1.29 is 13.2 Å². The van der Waals surface area contributed by atoms with Crippen LogP contribution in [0.1, 0.15) is 27.0 Å². The largest absolute Gasteiger partial charge is 0.311 e. The van der Waals surface area contributed by atoms with Crippen LogP contribution >= 0.6 is 0 Å². The van der Waals surface area contributed by atoms with Crippen LogP contribution in [-0.2, 0) is 16.6 Å². The standard InChI is InChI=1S/C24H26N2O3S/c1-18-9-8-10-19(2)23(18)26(30(4,28)29)17-20-13-15-21(16-14-20)24(27)25(3)22-11-6-5-7-12-22/h5-16H,17H2,1-4H3. The van der Waals surface area contributed by atoms with E-state index in [4.69, 9.17) is 0 Å². The monoisotopic (exact) mass is 422 g/mol. The molecule has 3 aromatic carbocycles. The third kappa shape index (κ3) is 4.71. The zero-order valence-electron chi connectivity index (χ0n) is 17.7. The Bertz CT molecular complexity index is 1120. The van der Waals surface area contributed by atoms with Gasteiger partial charge in [-0.25, -0.2) is 8.42 Å². The molecule has 0 N–H and O–H groups in total. The van der Waals surface area contributed by atoms with Crippen LogP contribution in [0, 0.1) is 13.8 Å². The fourth-order valence-corrected chi connectivity index (χ4v) is 4.45. The summed E-state index contributed by atoms with van der Waals surface area (Å²) >= 11 is 0. The highest BCUT2D eigenvalue weighted by Gasteiger charge is 2.22. The summed E-state index contributed by atoms with van der Waals surface area (Å²) in [5, 5.41) is 0. The number of rotatable bonds is 6. The summed E-state index contributed by atoms with van der Waals surface area (Å²) in [6.07, 6.45) is 1.21. The van der Waals surface area contributed by atoms with Crippen LogP contribution < -0.4 is 9.21 Å². The van der Waals surface area contributed by atoms with Gasteiger partial charge in [-0.15, -0.1) is 0 Å². The van der Waals surface area contributed by atoms with E-state index in [0.29, 0.717) is 11.3 Å². The lowest BCUT2D eigenvalue weighted by Crippen LogP contribution is -2.30. The first-order valence-electron chi connectivity index (χ1n) is 9.64. The van der Waals surface area contributed by atoms with Crippen molar-refractivity contribution in [3.05, 3.63) is 95.1 Å². The van der Waals surface area contributed by atoms with E-state index >= 15 is 0 Å². The van der Waals surface area contributed by atoms with E-state index in [9.17, 15) is 13.2 Å². The lowest BCUT2D eigenvalue weighted by atomic mass is 10.1. The smallest absolute Gasteiger partial charge is 0.258 e. The zero-order chi connectivity index (χ0) is 21.9.